The number of rotatable bonds is 8. The van der Waals surface area contributed by atoms with Crippen molar-refractivity contribution >= 4 is 15.7 Å². The Morgan fingerprint density at radius 1 is 1.17 bits per heavy atom. The van der Waals surface area contributed by atoms with E-state index in [-0.39, 0.29) is 29.5 Å². The molecule has 0 aliphatic heterocycles. The van der Waals surface area contributed by atoms with Gasteiger partial charge in [0.15, 0.2) is 9.84 Å². The first-order chi connectivity index (χ1) is 8.18. The molecule has 0 rings (SSSR count). The molecule has 0 radical (unpaired) electrons. The van der Waals surface area contributed by atoms with Crippen LogP contribution in [0.15, 0.2) is 0 Å². The highest BCUT2D eigenvalue weighted by Crippen LogP contribution is 1.97. The van der Waals surface area contributed by atoms with Crippen molar-refractivity contribution in [3.8, 4) is 0 Å². The van der Waals surface area contributed by atoms with Crippen LogP contribution in [0.1, 0.15) is 34.6 Å². The van der Waals surface area contributed by atoms with E-state index in [1.807, 2.05) is 13.8 Å². The van der Waals surface area contributed by atoms with Gasteiger partial charge in [0.2, 0.25) is 5.91 Å². The maximum absolute atomic E-state index is 11.7. The van der Waals surface area contributed by atoms with Crippen LogP contribution in [-0.2, 0) is 14.6 Å². The van der Waals surface area contributed by atoms with Gasteiger partial charge in [0.05, 0.1) is 11.8 Å². The zero-order valence-corrected chi connectivity index (χ0v) is 12.8. The quantitative estimate of drug-likeness (QED) is 0.680. The summed E-state index contributed by atoms with van der Waals surface area (Å²) in [6, 6.07) is -0.611. The SMILES string of the molecule is CCS(=O)(=O)CC(C)NC(C)C(=O)NCC(C)C. The first-order valence-corrected chi connectivity index (χ1v) is 8.24. The van der Waals surface area contributed by atoms with Crippen LogP contribution < -0.4 is 10.6 Å². The van der Waals surface area contributed by atoms with Gasteiger partial charge in [-0.1, -0.05) is 20.8 Å². The first-order valence-electron chi connectivity index (χ1n) is 6.42. The molecule has 0 saturated carbocycles. The fourth-order valence-corrected chi connectivity index (χ4v) is 2.60. The molecule has 6 heteroatoms. The highest BCUT2D eigenvalue weighted by Gasteiger charge is 2.19. The zero-order valence-electron chi connectivity index (χ0n) is 12.0. The second kappa shape index (κ2) is 7.74. The van der Waals surface area contributed by atoms with E-state index in [1.54, 1.807) is 20.8 Å². The molecule has 2 N–H and O–H groups in total. The third kappa shape index (κ3) is 7.66. The number of amides is 1. The van der Waals surface area contributed by atoms with Gasteiger partial charge >= 0.3 is 0 Å². The number of nitrogens with one attached hydrogen (secondary N) is 2. The van der Waals surface area contributed by atoms with Gasteiger partial charge in [-0.05, 0) is 19.8 Å². The Morgan fingerprint density at radius 2 is 1.72 bits per heavy atom. The lowest BCUT2D eigenvalue weighted by Gasteiger charge is -2.20. The van der Waals surface area contributed by atoms with E-state index < -0.39 is 9.84 Å². The van der Waals surface area contributed by atoms with E-state index in [0.717, 1.165) is 0 Å². The Hall–Kier alpha value is -0.620. The molecule has 5 nitrogen and oxygen atoms in total. The topological polar surface area (TPSA) is 75.3 Å². The van der Waals surface area contributed by atoms with Gasteiger partial charge in [-0.3, -0.25) is 4.79 Å². The van der Waals surface area contributed by atoms with E-state index in [1.165, 1.54) is 0 Å². The number of sulfone groups is 1. The summed E-state index contributed by atoms with van der Waals surface area (Å²) in [7, 11) is -3.01. The molecular formula is C12H26N2O3S. The molecule has 18 heavy (non-hydrogen) atoms. The summed E-state index contributed by atoms with van der Waals surface area (Å²) in [5.41, 5.74) is 0. The Labute approximate surface area is 111 Å². The molecule has 0 aliphatic rings. The third-order valence-corrected chi connectivity index (χ3v) is 4.44. The van der Waals surface area contributed by atoms with Crippen molar-refractivity contribution in [3.05, 3.63) is 0 Å². The molecule has 0 bridgehead atoms. The minimum atomic E-state index is -3.01. The van der Waals surface area contributed by atoms with Crippen LogP contribution in [0.2, 0.25) is 0 Å². The molecule has 0 spiro atoms. The molecule has 2 unspecified atom stereocenters. The van der Waals surface area contributed by atoms with E-state index in [2.05, 4.69) is 10.6 Å². The highest BCUT2D eigenvalue weighted by atomic mass is 32.2. The predicted molar refractivity (Wildman–Crippen MR) is 74.2 cm³/mol. The molecule has 0 heterocycles. The second-order valence-electron chi connectivity index (χ2n) is 5.13. The number of carbonyl (C=O) groups is 1. The first kappa shape index (κ1) is 17.4. The predicted octanol–water partition coefficient (Wildman–Crippen LogP) is 0.560. The molecule has 0 aromatic heterocycles. The highest BCUT2D eigenvalue weighted by molar-refractivity contribution is 7.91. The molecule has 0 aromatic carbocycles. The lowest BCUT2D eigenvalue weighted by atomic mass is 10.2. The Balaban J connectivity index is 4.14. The van der Waals surface area contributed by atoms with Crippen LogP contribution >= 0.6 is 0 Å². The zero-order chi connectivity index (χ0) is 14.3. The standard InChI is InChI=1S/C12H26N2O3S/c1-6-18(16,17)8-10(4)14-11(5)12(15)13-7-9(2)3/h9-11,14H,6-8H2,1-5H3,(H,13,15). The molecule has 1 amide bonds. The summed E-state index contributed by atoms with van der Waals surface area (Å²) in [5.74, 6) is 0.501. The average Bonchev–Trinajstić information content (AvgIpc) is 2.24. The van der Waals surface area contributed by atoms with Gasteiger partial charge < -0.3 is 10.6 Å². The normalized spacial score (nSPS) is 15.4. The third-order valence-electron chi connectivity index (χ3n) is 2.56. The van der Waals surface area contributed by atoms with E-state index in [9.17, 15) is 13.2 Å². The van der Waals surface area contributed by atoms with Crippen LogP contribution in [0.25, 0.3) is 0 Å². The lowest BCUT2D eigenvalue weighted by Crippen LogP contribution is -2.48. The van der Waals surface area contributed by atoms with E-state index in [4.69, 9.17) is 0 Å². The van der Waals surface area contributed by atoms with Gasteiger partial charge in [0, 0.05) is 18.3 Å². The van der Waals surface area contributed by atoms with Gasteiger partial charge in [-0.25, -0.2) is 8.42 Å². The fraction of sp³-hybridized carbons (Fsp3) is 0.917. The van der Waals surface area contributed by atoms with Crippen molar-refractivity contribution in [1.82, 2.24) is 10.6 Å². The summed E-state index contributed by atoms with van der Waals surface area (Å²) in [6.45, 7) is 9.82. The van der Waals surface area contributed by atoms with Gasteiger partial charge in [-0.2, -0.15) is 0 Å². The molecule has 0 aromatic rings. The fourth-order valence-electron chi connectivity index (χ4n) is 1.51. The molecule has 0 fully saturated rings. The van der Waals surface area contributed by atoms with Gasteiger partial charge in [-0.15, -0.1) is 0 Å². The van der Waals surface area contributed by atoms with Gasteiger partial charge in [0.25, 0.3) is 0 Å². The Bertz CT molecular complexity index is 352. The Kier molecular flexibility index (Phi) is 7.47. The second-order valence-corrected chi connectivity index (χ2v) is 7.53. The lowest BCUT2D eigenvalue weighted by molar-refractivity contribution is -0.123. The molecular weight excluding hydrogens is 252 g/mol. The van der Waals surface area contributed by atoms with Crippen molar-refractivity contribution in [2.24, 2.45) is 5.92 Å². The monoisotopic (exact) mass is 278 g/mol. The summed E-state index contributed by atoms with van der Waals surface area (Å²) >= 11 is 0. The summed E-state index contributed by atoms with van der Waals surface area (Å²) in [5, 5.41) is 5.82. The van der Waals surface area contributed by atoms with Crippen LogP contribution in [0, 0.1) is 5.92 Å². The maximum atomic E-state index is 11.7. The van der Waals surface area contributed by atoms with Crippen molar-refractivity contribution in [2.75, 3.05) is 18.1 Å². The largest absolute Gasteiger partial charge is 0.354 e. The van der Waals surface area contributed by atoms with Crippen LogP contribution in [0.3, 0.4) is 0 Å². The van der Waals surface area contributed by atoms with Crippen molar-refractivity contribution in [2.45, 2.75) is 46.7 Å². The summed E-state index contributed by atoms with van der Waals surface area (Å²) < 4.78 is 22.9. The number of carbonyl (C=O) groups excluding carboxylic acids is 1. The Morgan fingerprint density at radius 3 is 2.17 bits per heavy atom. The van der Waals surface area contributed by atoms with E-state index >= 15 is 0 Å². The van der Waals surface area contributed by atoms with Gasteiger partial charge in [0.1, 0.15) is 0 Å². The van der Waals surface area contributed by atoms with Crippen LogP contribution in [-0.4, -0.2) is 44.5 Å². The van der Waals surface area contributed by atoms with Crippen molar-refractivity contribution in [3.63, 3.8) is 0 Å². The van der Waals surface area contributed by atoms with E-state index in [0.29, 0.717) is 12.5 Å². The minimum absolute atomic E-state index is 0.0608. The van der Waals surface area contributed by atoms with Crippen molar-refractivity contribution < 1.29 is 13.2 Å². The smallest absolute Gasteiger partial charge is 0.236 e. The minimum Gasteiger partial charge on any atom is -0.354 e. The van der Waals surface area contributed by atoms with Crippen molar-refractivity contribution in [1.29, 1.82) is 0 Å². The molecule has 0 saturated heterocycles. The summed E-state index contributed by atoms with van der Waals surface area (Å²) in [4.78, 5) is 11.7. The maximum Gasteiger partial charge on any atom is 0.236 e. The number of hydrogen-bond donors (Lipinski definition) is 2. The van der Waals surface area contributed by atoms with Crippen LogP contribution in [0.4, 0.5) is 0 Å². The summed E-state index contributed by atoms with van der Waals surface area (Å²) in [6.07, 6.45) is 0. The number of hydrogen-bond acceptors (Lipinski definition) is 4. The van der Waals surface area contributed by atoms with Crippen LogP contribution in [0.5, 0.6) is 0 Å². The molecule has 2 atom stereocenters. The molecule has 108 valence electrons. The average molecular weight is 278 g/mol. The molecule has 0 aliphatic carbocycles.